The van der Waals surface area contributed by atoms with E-state index in [4.69, 9.17) is 4.98 Å². The fraction of sp³-hybridized carbons (Fsp3) is 0.381. The Morgan fingerprint density at radius 3 is 2.84 bits per heavy atom. The first-order valence-corrected chi connectivity index (χ1v) is 9.79. The van der Waals surface area contributed by atoms with Crippen LogP contribution in [0.5, 0.6) is 5.75 Å². The van der Waals surface area contributed by atoms with E-state index in [0.717, 1.165) is 36.3 Å². The Morgan fingerprint density at radius 2 is 2.00 bits per heavy atom. The molecule has 1 atom stereocenters. The molecule has 0 unspecified atom stereocenters. The molecule has 1 aromatic heterocycles. The van der Waals surface area contributed by atoms with Gasteiger partial charge in [-0.1, -0.05) is 18.2 Å². The van der Waals surface area contributed by atoms with Crippen molar-refractivity contribution in [2.45, 2.75) is 39.2 Å². The van der Waals surface area contributed by atoms with E-state index in [0.29, 0.717) is 11.7 Å². The van der Waals surface area contributed by atoms with Gasteiger partial charge < -0.3 is 5.11 Å². The van der Waals surface area contributed by atoms with E-state index in [1.54, 1.807) is 0 Å². The number of benzene rings is 2. The van der Waals surface area contributed by atoms with E-state index in [-0.39, 0.29) is 0 Å². The molecule has 1 aliphatic rings. The first kappa shape index (κ1) is 16.6. The molecule has 2 aromatic carbocycles. The average molecular weight is 353 g/mol. The molecule has 1 saturated heterocycles. The third-order valence-electron chi connectivity index (χ3n) is 5.25. The molecule has 0 bridgehead atoms. The number of thiazole rings is 1. The second-order valence-corrected chi connectivity index (χ2v) is 8.22. The molecule has 4 heteroatoms. The van der Waals surface area contributed by atoms with Gasteiger partial charge in [-0.2, -0.15) is 0 Å². The molecule has 0 saturated carbocycles. The van der Waals surface area contributed by atoms with Gasteiger partial charge in [0, 0.05) is 24.6 Å². The monoisotopic (exact) mass is 352 g/mol. The van der Waals surface area contributed by atoms with Crippen molar-refractivity contribution in [2.24, 2.45) is 0 Å². The highest BCUT2D eigenvalue weighted by molar-refractivity contribution is 7.18. The Kier molecular flexibility index (Phi) is 4.48. The molecule has 25 heavy (non-hydrogen) atoms. The highest BCUT2D eigenvalue weighted by Crippen LogP contribution is 2.34. The van der Waals surface area contributed by atoms with Crippen LogP contribution in [-0.2, 0) is 6.54 Å². The third-order valence-corrected chi connectivity index (χ3v) is 6.45. The smallest absolute Gasteiger partial charge is 0.120 e. The van der Waals surface area contributed by atoms with Crippen LogP contribution in [-0.4, -0.2) is 28.1 Å². The van der Waals surface area contributed by atoms with Crippen molar-refractivity contribution < 1.29 is 5.11 Å². The number of aromatic hydroxyl groups is 1. The summed E-state index contributed by atoms with van der Waals surface area (Å²) in [5.74, 6) is 0.921. The van der Waals surface area contributed by atoms with Crippen molar-refractivity contribution in [1.29, 1.82) is 0 Å². The lowest BCUT2D eigenvalue weighted by atomic mass is 9.97. The molecule has 130 valence electrons. The molecule has 1 N–H and O–H groups in total. The van der Waals surface area contributed by atoms with Crippen molar-refractivity contribution in [3.8, 4) is 5.75 Å². The molecular weight excluding hydrogens is 328 g/mol. The van der Waals surface area contributed by atoms with Gasteiger partial charge in [0.2, 0.25) is 0 Å². The molecule has 0 radical (unpaired) electrons. The minimum atomic E-state index is 0.421. The largest absolute Gasteiger partial charge is 0.508 e. The summed E-state index contributed by atoms with van der Waals surface area (Å²) in [6.45, 7) is 7.08. The number of phenolic OH excluding ortho intramolecular Hbond substituents is 1. The maximum atomic E-state index is 10.3. The fourth-order valence-corrected chi connectivity index (χ4v) is 4.79. The van der Waals surface area contributed by atoms with Crippen molar-refractivity contribution in [3.05, 3.63) is 58.1 Å². The molecule has 3 aromatic rings. The summed E-state index contributed by atoms with van der Waals surface area (Å²) in [6, 6.07) is 12.4. The van der Waals surface area contributed by atoms with E-state index >= 15 is 0 Å². The number of para-hydroxylation sites is 1. The molecule has 0 amide bonds. The lowest BCUT2D eigenvalue weighted by Gasteiger charge is -2.32. The number of nitrogens with zero attached hydrogens (tertiary/aromatic N) is 2. The Bertz CT molecular complexity index is 869. The van der Waals surface area contributed by atoms with Crippen LogP contribution >= 0.6 is 11.3 Å². The van der Waals surface area contributed by atoms with Crippen LogP contribution < -0.4 is 0 Å². The van der Waals surface area contributed by atoms with Gasteiger partial charge in [0.1, 0.15) is 5.75 Å². The van der Waals surface area contributed by atoms with E-state index in [1.807, 2.05) is 24.3 Å². The SMILES string of the molecule is Cc1cc(O)c(CN2CCC[C@H](c3nc4ccccc4s3)C2)cc1C. The number of aromatic nitrogens is 1. The summed E-state index contributed by atoms with van der Waals surface area (Å²) in [7, 11) is 0. The van der Waals surface area contributed by atoms with Crippen LogP contribution in [0.3, 0.4) is 0 Å². The summed E-state index contributed by atoms with van der Waals surface area (Å²) in [5.41, 5.74) is 4.54. The zero-order valence-electron chi connectivity index (χ0n) is 14.8. The Hall–Kier alpha value is -1.91. The average Bonchev–Trinajstić information content (AvgIpc) is 3.04. The summed E-state index contributed by atoms with van der Waals surface area (Å²) in [5, 5.41) is 11.5. The normalized spacial score (nSPS) is 18.7. The quantitative estimate of drug-likeness (QED) is 0.721. The number of hydrogen-bond donors (Lipinski definition) is 1. The summed E-state index contributed by atoms with van der Waals surface area (Å²) in [6.07, 6.45) is 2.39. The van der Waals surface area contributed by atoms with Crippen molar-refractivity contribution in [1.82, 2.24) is 9.88 Å². The number of rotatable bonds is 3. The Balaban J connectivity index is 1.52. The van der Waals surface area contributed by atoms with Crippen LogP contribution in [0.25, 0.3) is 10.2 Å². The summed E-state index contributed by atoms with van der Waals surface area (Å²) < 4.78 is 1.28. The van der Waals surface area contributed by atoms with Crippen molar-refractivity contribution in [3.63, 3.8) is 0 Å². The van der Waals surface area contributed by atoms with Gasteiger partial charge in [0.05, 0.1) is 15.2 Å². The van der Waals surface area contributed by atoms with Crippen molar-refractivity contribution >= 4 is 21.6 Å². The third kappa shape index (κ3) is 3.42. The van der Waals surface area contributed by atoms with E-state index in [2.05, 4.69) is 42.2 Å². The predicted molar refractivity (Wildman–Crippen MR) is 104 cm³/mol. The number of piperidine rings is 1. The zero-order chi connectivity index (χ0) is 17.4. The number of phenols is 1. The molecule has 3 nitrogen and oxygen atoms in total. The number of aryl methyl sites for hydroxylation is 2. The lowest BCUT2D eigenvalue weighted by molar-refractivity contribution is 0.198. The van der Waals surface area contributed by atoms with Gasteiger partial charge in [0.15, 0.2) is 0 Å². The van der Waals surface area contributed by atoms with Gasteiger partial charge in [0.25, 0.3) is 0 Å². The second-order valence-electron chi connectivity index (χ2n) is 7.16. The van der Waals surface area contributed by atoms with Crippen LogP contribution in [0.15, 0.2) is 36.4 Å². The first-order valence-electron chi connectivity index (χ1n) is 8.97. The van der Waals surface area contributed by atoms with Crippen LogP contribution in [0.1, 0.15) is 40.5 Å². The van der Waals surface area contributed by atoms with E-state index < -0.39 is 0 Å². The minimum absolute atomic E-state index is 0.421. The van der Waals surface area contributed by atoms with Gasteiger partial charge in [-0.25, -0.2) is 4.98 Å². The van der Waals surface area contributed by atoms with Gasteiger partial charge in [-0.15, -0.1) is 11.3 Å². The van der Waals surface area contributed by atoms with E-state index in [9.17, 15) is 5.11 Å². The Morgan fingerprint density at radius 1 is 1.20 bits per heavy atom. The molecule has 2 heterocycles. The van der Waals surface area contributed by atoms with Gasteiger partial charge >= 0.3 is 0 Å². The van der Waals surface area contributed by atoms with Crippen LogP contribution in [0.2, 0.25) is 0 Å². The minimum Gasteiger partial charge on any atom is -0.508 e. The number of fused-ring (bicyclic) bond motifs is 1. The molecule has 1 fully saturated rings. The van der Waals surface area contributed by atoms with Crippen molar-refractivity contribution in [2.75, 3.05) is 13.1 Å². The Labute approximate surface area is 152 Å². The maximum absolute atomic E-state index is 10.3. The first-order chi connectivity index (χ1) is 12.1. The van der Waals surface area contributed by atoms with Crippen LogP contribution in [0, 0.1) is 13.8 Å². The molecule has 0 spiro atoms. The van der Waals surface area contributed by atoms with Crippen LogP contribution in [0.4, 0.5) is 0 Å². The highest BCUT2D eigenvalue weighted by Gasteiger charge is 2.24. The number of likely N-dealkylation sites (tertiary alicyclic amines) is 1. The topological polar surface area (TPSA) is 36.4 Å². The molecule has 1 aliphatic heterocycles. The zero-order valence-corrected chi connectivity index (χ0v) is 15.6. The second kappa shape index (κ2) is 6.77. The highest BCUT2D eigenvalue weighted by atomic mass is 32.1. The molecule has 4 rings (SSSR count). The van der Waals surface area contributed by atoms with Gasteiger partial charge in [-0.05, 0) is 62.6 Å². The molecule has 0 aliphatic carbocycles. The maximum Gasteiger partial charge on any atom is 0.120 e. The summed E-state index contributed by atoms with van der Waals surface area (Å²) in [4.78, 5) is 7.33. The van der Waals surface area contributed by atoms with Gasteiger partial charge in [-0.3, -0.25) is 4.90 Å². The lowest BCUT2D eigenvalue weighted by Crippen LogP contribution is -2.33. The van der Waals surface area contributed by atoms with E-state index in [1.165, 1.54) is 28.1 Å². The fourth-order valence-electron chi connectivity index (χ4n) is 3.69. The molecular formula is C21H24N2OS. The summed E-state index contributed by atoms with van der Waals surface area (Å²) >= 11 is 1.83. The standard InChI is InChI=1S/C21H24N2OS/c1-14-10-17(19(24)11-15(14)2)13-23-9-5-6-16(12-23)21-22-18-7-3-4-8-20(18)25-21/h3-4,7-8,10-11,16,24H,5-6,9,12-13H2,1-2H3/t16-/m0/s1. The number of hydrogen-bond acceptors (Lipinski definition) is 4. The predicted octanol–water partition coefficient (Wildman–Crippen LogP) is 5.00.